The Morgan fingerprint density at radius 1 is 0.645 bits per heavy atom. The molecule has 0 atom stereocenters. The summed E-state index contributed by atoms with van der Waals surface area (Å²) in [6, 6.07) is 30.8. The lowest BCUT2D eigenvalue weighted by molar-refractivity contribution is -0.658. The minimum atomic E-state index is 1.27. The third-order valence-electron chi connectivity index (χ3n) is 6.86. The number of fused-ring (bicyclic) bond motifs is 8. The molecule has 0 saturated carbocycles. The Bertz CT molecular complexity index is 1800. The van der Waals surface area contributed by atoms with Crippen molar-refractivity contribution in [3.8, 4) is 11.3 Å². The van der Waals surface area contributed by atoms with Crippen molar-refractivity contribution in [2.75, 3.05) is 0 Å². The summed E-state index contributed by atoms with van der Waals surface area (Å²) in [6.45, 7) is 2.21. The van der Waals surface area contributed by atoms with Gasteiger partial charge in [0, 0.05) is 21.7 Å². The highest BCUT2D eigenvalue weighted by Crippen LogP contribution is 2.44. The van der Waals surface area contributed by atoms with Crippen molar-refractivity contribution >= 4 is 48.9 Å². The SMILES string of the molecule is Cc1ccccc1-c1c2c3ccc4ccccc4c3n3c4ccccc4c(c[n+]1C)c23. The molecule has 2 heteroatoms. The molecule has 0 aliphatic rings. The number of pyridine rings is 1. The number of hydrogen-bond acceptors (Lipinski definition) is 0. The van der Waals surface area contributed by atoms with Crippen LogP contribution in [0.4, 0.5) is 0 Å². The standard InChI is InChI=1S/C29H21N2/c1-18-9-3-5-11-20(18)28-26-23-16-15-19-10-4-6-12-21(19)27(23)31-25-14-8-7-13-22(25)24(29(26)31)17-30(28)2/h3-17H,1-2H3/q+1. The Balaban J connectivity index is 1.87. The molecule has 4 aromatic carbocycles. The Kier molecular flexibility index (Phi) is 3.17. The molecule has 0 amide bonds. The normalized spacial score (nSPS) is 12.2. The molecule has 31 heavy (non-hydrogen) atoms. The molecular weight excluding hydrogens is 376 g/mol. The van der Waals surface area contributed by atoms with Crippen LogP contribution >= 0.6 is 0 Å². The Labute approximate surface area is 179 Å². The molecule has 0 radical (unpaired) electrons. The van der Waals surface area contributed by atoms with Gasteiger partial charge in [-0.15, -0.1) is 0 Å². The molecule has 2 nitrogen and oxygen atoms in total. The summed E-state index contributed by atoms with van der Waals surface area (Å²) in [6.07, 6.45) is 2.31. The quantitative estimate of drug-likeness (QED) is 0.270. The lowest BCUT2D eigenvalue weighted by atomic mass is 9.98. The second-order valence-corrected chi connectivity index (χ2v) is 8.58. The summed E-state index contributed by atoms with van der Waals surface area (Å²) < 4.78 is 4.82. The Morgan fingerprint density at radius 3 is 2.26 bits per heavy atom. The van der Waals surface area contributed by atoms with Crippen molar-refractivity contribution < 1.29 is 4.57 Å². The summed E-state index contributed by atoms with van der Waals surface area (Å²) in [7, 11) is 2.18. The number of aryl methyl sites for hydroxylation is 2. The van der Waals surface area contributed by atoms with Gasteiger partial charge in [0.15, 0.2) is 6.20 Å². The second-order valence-electron chi connectivity index (χ2n) is 8.58. The summed E-state index contributed by atoms with van der Waals surface area (Å²) in [5.41, 5.74) is 7.77. The van der Waals surface area contributed by atoms with Gasteiger partial charge >= 0.3 is 0 Å². The predicted molar refractivity (Wildman–Crippen MR) is 130 cm³/mol. The monoisotopic (exact) mass is 397 g/mol. The van der Waals surface area contributed by atoms with E-state index in [1.54, 1.807) is 0 Å². The van der Waals surface area contributed by atoms with Crippen molar-refractivity contribution in [3.05, 3.63) is 96.7 Å². The van der Waals surface area contributed by atoms with Crippen molar-refractivity contribution in [1.82, 2.24) is 4.40 Å². The number of rotatable bonds is 1. The van der Waals surface area contributed by atoms with Crippen LogP contribution in [0, 0.1) is 6.92 Å². The van der Waals surface area contributed by atoms with Gasteiger partial charge in [0.1, 0.15) is 7.05 Å². The summed E-state index contributed by atoms with van der Waals surface area (Å²) in [5.74, 6) is 0. The lowest BCUT2D eigenvalue weighted by Crippen LogP contribution is -2.30. The fourth-order valence-corrected chi connectivity index (χ4v) is 5.54. The number of hydrogen-bond donors (Lipinski definition) is 0. The first-order chi connectivity index (χ1) is 15.2. The van der Waals surface area contributed by atoms with Crippen LogP contribution in [0.2, 0.25) is 0 Å². The van der Waals surface area contributed by atoms with Crippen LogP contribution in [0.15, 0.2) is 91.1 Å². The van der Waals surface area contributed by atoms with Crippen LogP contribution in [0.5, 0.6) is 0 Å². The molecule has 0 spiro atoms. The van der Waals surface area contributed by atoms with Gasteiger partial charge in [0.05, 0.1) is 27.3 Å². The minimum Gasteiger partial charge on any atom is -0.307 e. The lowest BCUT2D eigenvalue weighted by Gasteiger charge is -2.07. The maximum atomic E-state index is 2.50. The van der Waals surface area contributed by atoms with Crippen LogP contribution in [0.25, 0.3) is 60.1 Å². The first-order valence-corrected chi connectivity index (χ1v) is 10.8. The number of nitrogens with zero attached hydrogens (tertiary/aromatic N) is 2. The van der Waals surface area contributed by atoms with Gasteiger partial charge < -0.3 is 4.40 Å². The third-order valence-corrected chi connectivity index (χ3v) is 6.86. The van der Waals surface area contributed by atoms with Crippen LogP contribution in [0.1, 0.15) is 5.56 Å². The van der Waals surface area contributed by atoms with E-state index in [1.165, 1.54) is 65.7 Å². The van der Waals surface area contributed by atoms with E-state index >= 15 is 0 Å². The fraction of sp³-hybridized carbons (Fsp3) is 0.0690. The molecule has 0 aliphatic heterocycles. The molecule has 7 rings (SSSR count). The zero-order valence-electron chi connectivity index (χ0n) is 17.6. The van der Waals surface area contributed by atoms with E-state index in [0.29, 0.717) is 0 Å². The van der Waals surface area contributed by atoms with E-state index in [9.17, 15) is 0 Å². The van der Waals surface area contributed by atoms with Crippen LogP contribution in [-0.2, 0) is 7.05 Å². The van der Waals surface area contributed by atoms with E-state index in [1.807, 2.05) is 0 Å². The van der Waals surface area contributed by atoms with Crippen LogP contribution in [0.3, 0.4) is 0 Å². The van der Waals surface area contributed by atoms with E-state index in [2.05, 4.69) is 114 Å². The first-order valence-electron chi connectivity index (χ1n) is 10.8. The largest absolute Gasteiger partial charge is 0.307 e. The van der Waals surface area contributed by atoms with Crippen molar-refractivity contribution in [3.63, 3.8) is 0 Å². The minimum absolute atomic E-state index is 1.27. The molecule has 0 aliphatic carbocycles. The van der Waals surface area contributed by atoms with Crippen LogP contribution in [-0.4, -0.2) is 4.40 Å². The first kappa shape index (κ1) is 16.8. The smallest absolute Gasteiger partial charge is 0.222 e. The topological polar surface area (TPSA) is 8.29 Å². The van der Waals surface area contributed by atoms with Crippen molar-refractivity contribution in [2.45, 2.75) is 6.92 Å². The Morgan fingerprint density at radius 2 is 1.39 bits per heavy atom. The summed E-state index contributed by atoms with van der Waals surface area (Å²) >= 11 is 0. The van der Waals surface area contributed by atoms with Crippen LogP contribution < -0.4 is 4.57 Å². The highest BCUT2D eigenvalue weighted by Gasteiger charge is 2.27. The molecule has 0 N–H and O–H groups in total. The zero-order valence-corrected chi connectivity index (χ0v) is 17.6. The van der Waals surface area contributed by atoms with Gasteiger partial charge in [-0.05, 0) is 30.0 Å². The molecule has 0 fully saturated rings. The van der Waals surface area contributed by atoms with Gasteiger partial charge in [-0.3, -0.25) is 0 Å². The maximum Gasteiger partial charge on any atom is 0.222 e. The number of aromatic nitrogens is 2. The van der Waals surface area contributed by atoms with Crippen molar-refractivity contribution in [1.29, 1.82) is 0 Å². The average molecular weight is 398 g/mol. The van der Waals surface area contributed by atoms with Gasteiger partial charge in [-0.1, -0.05) is 72.8 Å². The Hall–Kier alpha value is -3.91. The highest BCUT2D eigenvalue weighted by atomic mass is 15.0. The number of para-hydroxylation sites is 1. The van der Waals surface area contributed by atoms with Gasteiger partial charge in [-0.25, -0.2) is 0 Å². The van der Waals surface area contributed by atoms with Gasteiger partial charge in [0.25, 0.3) is 0 Å². The summed E-state index contributed by atoms with van der Waals surface area (Å²) in [5, 5.41) is 7.86. The van der Waals surface area contributed by atoms with Crippen molar-refractivity contribution in [2.24, 2.45) is 7.05 Å². The average Bonchev–Trinajstić information content (AvgIpc) is 3.31. The number of benzene rings is 4. The molecule has 146 valence electrons. The predicted octanol–water partition coefficient (Wildman–Crippen LogP) is 6.79. The van der Waals surface area contributed by atoms with Gasteiger partial charge in [0.2, 0.25) is 5.69 Å². The zero-order chi connectivity index (χ0) is 20.7. The molecule has 0 saturated heterocycles. The molecule has 0 unspecified atom stereocenters. The second kappa shape index (κ2) is 5.83. The summed E-state index contributed by atoms with van der Waals surface area (Å²) in [4.78, 5) is 0. The van der Waals surface area contributed by atoms with Gasteiger partial charge in [-0.2, -0.15) is 4.57 Å². The van der Waals surface area contributed by atoms with E-state index in [0.717, 1.165) is 0 Å². The molecule has 3 aromatic heterocycles. The van der Waals surface area contributed by atoms with E-state index in [-0.39, 0.29) is 0 Å². The highest BCUT2D eigenvalue weighted by molar-refractivity contribution is 6.29. The molecule has 0 bridgehead atoms. The third kappa shape index (κ3) is 2.04. The maximum absolute atomic E-state index is 2.50. The fourth-order valence-electron chi connectivity index (χ4n) is 5.54. The van der Waals surface area contributed by atoms with E-state index in [4.69, 9.17) is 0 Å². The molecule has 3 heterocycles. The van der Waals surface area contributed by atoms with E-state index < -0.39 is 0 Å². The molecular formula is C29H21N2+. The molecule has 7 aromatic rings.